The highest BCUT2D eigenvalue weighted by Gasteiger charge is 2.13. The Morgan fingerprint density at radius 1 is 0.867 bits per heavy atom. The molecule has 0 aliphatic carbocycles. The van der Waals surface area contributed by atoms with Gasteiger partial charge in [-0.1, -0.05) is 30.3 Å². The van der Waals surface area contributed by atoms with Gasteiger partial charge in [0, 0.05) is 11.1 Å². The third-order valence-corrected chi connectivity index (χ3v) is 4.67. The molecule has 0 saturated carbocycles. The monoisotopic (exact) mass is 398 g/mol. The Morgan fingerprint density at radius 2 is 1.70 bits per heavy atom. The molecular weight excluding hydrogens is 380 g/mol. The van der Waals surface area contributed by atoms with Gasteiger partial charge in [0.05, 0.1) is 18.1 Å². The second-order valence-corrected chi connectivity index (χ2v) is 6.62. The molecule has 1 N–H and O–H groups in total. The number of nitrogens with zero attached hydrogens (tertiary/aromatic N) is 3. The Kier molecular flexibility index (Phi) is 4.61. The van der Waals surface area contributed by atoms with Crippen LogP contribution < -0.4 is 9.47 Å². The van der Waals surface area contributed by atoms with Crippen LogP contribution in [0, 0.1) is 0 Å². The minimum Gasteiger partial charge on any atom is -0.493 e. The van der Waals surface area contributed by atoms with Gasteiger partial charge in [-0.3, -0.25) is 0 Å². The molecule has 0 aliphatic rings. The maximum absolute atomic E-state index is 5.86. The number of imidazole rings is 1. The van der Waals surface area contributed by atoms with Crippen molar-refractivity contribution in [1.29, 1.82) is 0 Å². The lowest BCUT2D eigenvalue weighted by molar-refractivity contribution is 0.251. The highest BCUT2D eigenvalue weighted by atomic mass is 16.5. The summed E-state index contributed by atoms with van der Waals surface area (Å²) in [5.41, 5.74) is 3.67. The van der Waals surface area contributed by atoms with Crippen molar-refractivity contribution >= 4 is 11.0 Å². The molecule has 0 saturated heterocycles. The van der Waals surface area contributed by atoms with Crippen molar-refractivity contribution in [3.05, 3.63) is 78.7 Å². The number of nitrogens with one attached hydrogen (secondary N) is 1. The molecule has 0 radical (unpaired) electrons. The van der Waals surface area contributed by atoms with Gasteiger partial charge in [-0.2, -0.15) is 0 Å². The molecule has 148 valence electrons. The van der Waals surface area contributed by atoms with Crippen LogP contribution >= 0.6 is 0 Å². The first-order valence-corrected chi connectivity index (χ1v) is 9.44. The van der Waals surface area contributed by atoms with E-state index in [9.17, 15) is 0 Å². The summed E-state index contributed by atoms with van der Waals surface area (Å²) < 4.78 is 17.1. The summed E-state index contributed by atoms with van der Waals surface area (Å²) in [5.74, 6) is 2.79. The Labute approximate surface area is 172 Å². The molecule has 0 unspecified atom stereocenters. The van der Waals surface area contributed by atoms with Gasteiger partial charge < -0.3 is 18.9 Å². The normalized spacial score (nSPS) is 11.0. The smallest absolute Gasteiger partial charge is 0.254 e. The second-order valence-electron chi connectivity index (χ2n) is 6.62. The van der Waals surface area contributed by atoms with Crippen molar-refractivity contribution < 1.29 is 13.9 Å². The Bertz CT molecular complexity index is 1260. The van der Waals surface area contributed by atoms with Crippen molar-refractivity contribution in [2.24, 2.45) is 0 Å². The fraction of sp³-hybridized carbons (Fsp3) is 0.0870. The topological polar surface area (TPSA) is 86.1 Å². The summed E-state index contributed by atoms with van der Waals surface area (Å²) in [6.07, 6.45) is 0. The third kappa shape index (κ3) is 3.48. The fourth-order valence-corrected chi connectivity index (χ4v) is 3.17. The van der Waals surface area contributed by atoms with E-state index in [1.807, 2.05) is 72.8 Å². The predicted octanol–water partition coefficient (Wildman–Crippen LogP) is 4.87. The summed E-state index contributed by atoms with van der Waals surface area (Å²) in [6.45, 7) is 0.139. The number of benzene rings is 3. The number of hydrogen-bond acceptors (Lipinski definition) is 6. The lowest BCUT2D eigenvalue weighted by Gasteiger charge is -2.10. The zero-order chi connectivity index (χ0) is 20.3. The van der Waals surface area contributed by atoms with Gasteiger partial charge in [0.25, 0.3) is 5.89 Å². The minimum atomic E-state index is 0.139. The first-order chi connectivity index (χ1) is 14.8. The van der Waals surface area contributed by atoms with E-state index in [1.54, 1.807) is 7.11 Å². The molecular formula is C23H18N4O3. The van der Waals surface area contributed by atoms with E-state index in [2.05, 4.69) is 20.2 Å². The lowest BCUT2D eigenvalue weighted by Crippen LogP contribution is -1.98. The Hall–Kier alpha value is -4.13. The average Bonchev–Trinajstić information content (AvgIpc) is 3.45. The van der Waals surface area contributed by atoms with E-state index in [0.717, 1.165) is 28.0 Å². The number of H-pyrrole nitrogens is 1. The lowest BCUT2D eigenvalue weighted by atomic mass is 10.2. The molecule has 0 fully saturated rings. The van der Waals surface area contributed by atoms with E-state index >= 15 is 0 Å². The number of para-hydroxylation sites is 2. The molecule has 7 heteroatoms. The maximum Gasteiger partial charge on any atom is 0.254 e. The summed E-state index contributed by atoms with van der Waals surface area (Å²) in [7, 11) is 1.60. The molecule has 0 bridgehead atoms. The van der Waals surface area contributed by atoms with Crippen LogP contribution in [0.5, 0.6) is 11.5 Å². The van der Waals surface area contributed by atoms with Crippen LogP contribution in [0.15, 0.2) is 77.2 Å². The van der Waals surface area contributed by atoms with Gasteiger partial charge in [0.2, 0.25) is 5.89 Å². The third-order valence-electron chi connectivity index (χ3n) is 4.67. The van der Waals surface area contributed by atoms with E-state index in [4.69, 9.17) is 13.9 Å². The largest absolute Gasteiger partial charge is 0.493 e. The summed E-state index contributed by atoms with van der Waals surface area (Å²) >= 11 is 0. The van der Waals surface area contributed by atoms with Crippen LogP contribution in [0.3, 0.4) is 0 Å². The quantitative estimate of drug-likeness (QED) is 0.439. The standard InChI is InChI=1S/C23H18N4O3/c1-28-20-13-16(22-24-17-9-5-6-10-18(17)25-22)11-12-19(20)29-14-21-26-27-23(30-21)15-7-3-2-4-8-15/h2-13H,14H2,1H3,(H,24,25). The highest BCUT2D eigenvalue weighted by molar-refractivity contribution is 5.79. The van der Waals surface area contributed by atoms with Crippen LogP contribution in [0.4, 0.5) is 0 Å². The number of methoxy groups -OCH3 is 1. The fourth-order valence-electron chi connectivity index (χ4n) is 3.17. The van der Waals surface area contributed by atoms with E-state index in [1.165, 1.54) is 0 Å². The van der Waals surface area contributed by atoms with Crippen molar-refractivity contribution in [2.45, 2.75) is 6.61 Å². The zero-order valence-electron chi connectivity index (χ0n) is 16.2. The van der Waals surface area contributed by atoms with Gasteiger partial charge in [0.15, 0.2) is 18.1 Å². The number of fused-ring (bicyclic) bond motifs is 1. The number of aromatic nitrogens is 4. The van der Waals surface area contributed by atoms with E-state index in [-0.39, 0.29) is 6.61 Å². The SMILES string of the molecule is COc1cc(-c2nc3ccccc3[nH]2)ccc1OCc1nnc(-c2ccccc2)o1. The molecule has 0 spiro atoms. The Balaban J connectivity index is 1.34. The van der Waals surface area contributed by atoms with Crippen LogP contribution in [0.2, 0.25) is 0 Å². The first kappa shape index (κ1) is 17.9. The van der Waals surface area contributed by atoms with Crippen LogP contribution in [-0.4, -0.2) is 27.3 Å². The molecule has 30 heavy (non-hydrogen) atoms. The molecule has 7 nitrogen and oxygen atoms in total. The van der Waals surface area contributed by atoms with Gasteiger partial charge in [-0.25, -0.2) is 4.98 Å². The van der Waals surface area contributed by atoms with Gasteiger partial charge in [-0.05, 0) is 42.5 Å². The van der Waals surface area contributed by atoms with Crippen LogP contribution in [-0.2, 0) is 6.61 Å². The maximum atomic E-state index is 5.86. The summed E-state index contributed by atoms with van der Waals surface area (Å²) in [5, 5.41) is 8.13. The van der Waals surface area contributed by atoms with Crippen LogP contribution in [0.1, 0.15) is 5.89 Å². The molecule has 5 rings (SSSR count). The number of aromatic amines is 1. The zero-order valence-corrected chi connectivity index (χ0v) is 16.2. The molecule has 0 aliphatic heterocycles. The van der Waals surface area contributed by atoms with Gasteiger partial charge in [0.1, 0.15) is 5.82 Å². The van der Waals surface area contributed by atoms with Gasteiger partial charge in [-0.15, -0.1) is 10.2 Å². The molecule has 3 aromatic carbocycles. The number of ether oxygens (including phenoxy) is 2. The molecule has 5 aromatic rings. The summed E-state index contributed by atoms with van der Waals surface area (Å²) in [4.78, 5) is 7.95. The number of hydrogen-bond donors (Lipinski definition) is 1. The van der Waals surface area contributed by atoms with E-state index < -0.39 is 0 Å². The first-order valence-electron chi connectivity index (χ1n) is 9.44. The van der Waals surface area contributed by atoms with Crippen molar-refractivity contribution in [2.75, 3.05) is 7.11 Å². The number of rotatable bonds is 6. The van der Waals surface area contributed by atoms with Crippen molar-refractivity contribution in [1.82, 2.24) is 20.2 Å². The van der Waals surface area contributed by atoms with Crippen molar-refractivity contribution in [3.8, 4) is 34.3 Å². The van der Waals surface area contributed by atoms with E-state index in [0.29, 0.717) is 23.3 Å². The highest BCUT2D eigenvalue weighted by Crippen LogP contribution is 2.33. The molecule has 0 amide bonds. The molecule has 2 heterocycles. The molecule has 0 atom stereocenters. The van der Waals surface area contributed by atoms with Crippen molar-refractivity contribution in [3.63, 3.8) is 0 Å². The van der Waals surface area contributed by atoms with Gasteiger partial charge >= 0.3 is 0 Å². The summed E-state index contributed by atoms with van der Waals surface area (Å²) in [6, 6.07) is 23.2. The average molecular weight is 398 g/mol. The van der Waals surface area contributed by atoms with Crippen LogP contribution in [0.25, 0.3) is 33.9 Å². The second kappa shape index (κ2) is 7.71. The molecule has 2 aromatic heterocycles. The Morgan fingerprint density at radius 3 is 2.53 bits per heavy atom. The minimum absolute atomic E-state index is 0.139. The predicted molar refractivity (Wildman–Crippen MR) is 112 cm³/mol.